The molecule has 1 aliphatic heterocycles. The van der Waals surface area contributed by atoms with Crippen molar-refractivity contribution in [1.29, 1.82) is 0 Å². The van der Waals surface area contributed by atoms with Crippen molar-refractivity contribution in [3.05, 3.63) is 41.2 Å². The minimum atomic E-state index is -0.315. The summed E-state index contributed by atoms with van der Waals surface area (Å²) in [5, 5.41) is 17.1. The molecule has 0 spiro atoms. The van der Waals surface area contributed by atoms with Gasteiger partial charge in [0.15, 0.2) is 0 Å². The molecule has 162 valence electrons. The Labute approximate surface area is 177 Å². The highest BCUT2D eigenvalue weighted by Crippen LogP contribution is 2.23. The molecule has 1 saturated heterocycles. The number of hydrogen-bond donors (Lipinski definition) is 2. The van der Waals surface area contributed by atoms with Crippen molar-refractivity contribution in [1.82, 2.24) is 19.6 Å². The number of aryl methyl sites for hydroxylation is 2. The number of carbonyl (C=O) groups is 2. The lowest BCUT2D eigenvalue weighted by Gasteiger charge is -2.30. The third-order valence-corrected chi connectivity index (χ3v) is 5.47. The van der Waals surface area contributed by atoms with Gasteiger partial charge in [-0.1, -0.05) is 17.7 Å². The quantitative estimate of drug-likeness (QED) is 0.752. The highest BCUT2D eigenvalue weighted by Gasteiger charge is 2.23. The average Bonchev–Trinajstić information content (AvgIpc) is 2.97. The van der Waals surface area contributed by atoms with Crippen molar-refractivity contribution in [2.75, 3.05) is 38.5 Å². The Balaban J connectivity index is 1.58. The van der Waals surface area contributed by atoms with Gasteiger partial charge >= 0.3 is 0 Å². The standard InChI is InChI=1S/C22H31N5O3/c1-15-5-7-18(8-6-15)27-17(3)22(16(2)24-27)23-20(29)13-25(4)14-21(30)26-11-9-19(28)10-12-26/h5-8,19,28H,9-14H2,1-4H3,(H,23,29). The van der Waals surface area contributed by atoms with Gasteiger partial charge in [0.05, 0.1) is 42.0 Å². The first-order chi connectivity index (χ1) is 14.2. The molecule has 2 aromatic rings. The lowest BCUT2D eigenvalue weighted by Crippen LogP contribution is -2.45. The number of likely N-dealkylation sites (tertiary alicyclic amines) is 1. The largest absolute Gasteiger partial charge is 0.393 e. The number of amides is 2. The summed E-state index contributed by atoms with van der Waals surface area (Å²) in [5.41, 5.74) is 4.41. The molecule has 8 nitrogen and oxygen atoms in total. The van der Waals surface area contributed by atoms with Crippen molar-refractivity contribution in [2.24, 2.45) is 0 Å². The van der Waals surface area contributed by atoms with Crippen LogP contribution in [0, 0.1) is 20.8 Å². The molecule has 1 aromatic heterocycles. The Morgan fingerprint density at radius 2 is 1.77 bits per heavy atom. The molecule has 0 radical (unpaired) electrons. The van der Waals surface area contributed by atoms with E-state index < -0.39 is 0 Å². The molecular formula is C22H31N5O3. The molecule has 0 unspecified atom stereocenters. The third kappa shape index (κ3) is 5.25. The predicted octanol–water partition coefficient (Wildman–Crippen LogP) is 1.65. The molecule has 2 amide bonds. The van der Waals surface area contributed by atoms with Gasteiger partial charge in [0, 0.05) is 13.1 Å². The molecule has 1 aromatic carbocycles. The van der Waals surface area contributed by atoms with Gasteiger partial charge < -0.3 is 15.3 Å². The van der Waals surface area contributed by atoms with Crippen molar-refractivity contribution in [3.63, 3.8) is 0 Å². The third-order valence-electron chi connectivity index (χ3n) is 5.47. The number of carbonyl (C=O) groups excluding carboxylic acids is 2. The SMILES string of the molecule is Cc1ccc(-n2nc(C)c(NC(=O)CN(C)CC(=O)N3CCC(O)CC3)c2C)cc1. The summed E-state index contributed by atoms with van der Waals surface area (Å²) in [6, 6.07) is 8.05. The molecule has 1 aliphatic rings. The summed E-state index contributed by atoms with van der Waals surface area (Å²) in [6.07, 6.45) is 0.906. The summed E-state index contributed by atoms with van der Waals surface area (Å²) in [5.74, 6) is -0.203. The van der Waals surface area contributed by atoms with Gasteiger partial charge in [0.1, 0.15) is 0 Å². The van der Waals surface area contributed by atoms with E-state index in [1.165, 1.54) is 5.56 Å². The molecule has 0 aliphatic carbocycles. The first kappa shape index (κ1) is 22.0. The lowest BCUT2D eigenvalue weighted by molar-refractivity contribution is -0.134. The number of aliphatic hydroxyl groups is 1. The highest BCUT2D eigenvalue weighted by molar-refractivity contribution is 5.93. The van der Waals surface area contributed by atoms with E-state index in [2.05, 4.69) is 10.4 Å². The summed E-state index contributed by atoms with van der Waals surface area (Å²) in [4.78, 5) is 28.4. The zero-order valence-electron chi connectivity index (χ0n) is 18.2. The Morgan fingerprint density at radius 3 is 2.40 bits per heavy atom. The monoisotopic (exact) mass is 413 g/mol. The van der Waals surface area contributed by atoms with Crippen molar-refractivity contribution >= 4 is 17.5 Å². The molecular weight excluding hydrogens is 382 g/mol. The zero-order valence-corrected chi connectivity index (χ0v) is 18.2. The van der Waals surface area contributed by atoms with Crippen LogP contribution in [0.15, 0.2) is 24.3 Å². The van der Waals surface area contributed by atoms with Gasteiger partial charge in [-0.25, -0.2) is 4.68 Å². The summed E-state index contributed by atoms with van der Waals surface area (Å²) >= 11 is 0. The molecule has 0 atom stereocenters. The maximum absolute atomic E-state index is 12.6. The number of likely N-dealkylation sites (N-methyl/N-ethyl adjacent to an activating group) is 1. The maximum atomic E-state index is 12.6. The van der Waals surface area contributed by atoms with Gasteiger partial charge in [0.2, 0.25) is 11.8 Å². The Kier molecular flexibility index (Phi) is 6.89. The molecule has 30 heavy (non-hydrogen) atoms. The van der Waals surface area contributed by atoms with Crippen LogP contribution >= 0.6 is 0 Å². The minimum absolute atomic E-state index is 0.0169. The molecule has 8 heteroatoms. The normalized spacial score (nSPS) is 14.9. The fourth-order valence-corrected chi connectivity index (χ4v) is 3.69. The fraction of sp³-hybridized carbons (Fsp3) is 0.500. The second-order valence-corrected chi connectivity index (χ2v) is 8.13. The van der Waals surface area contributed by atoms with Gasteiger partial charge in [-0.2, -0.15) is 5.10 Å². The number of aliphatic hydroxyl groups excluding tert-OH is 1. The minimum Gasteiger partial charge on any atom is -0.393 e. The second-order valence-electron chi connectivity index (χ2n) is 8.13. The second kappa shape index (κ2) is 9.40. The van der Waals surface area contributed by atoms with Crippen molar-refractivity contribution in [3.8, 4) is 5.69 Å². The van der Waals surface area contributed by atoms with Gasteiger partial charge in [0.25, 0.3) is 0 Å². The van der Waals surface area contributed by atoms with Crippen LogP contribution in [0.4, 0.5) is 5.69 Å². The fourth-order valence-electron chi connectivity index (χ4n) is 3.69. The smallest absolute Gasteiger partial charge is 0.238 e. The molecule has 1 fully saturated rings. The highest BCUT2D eigenvalue weighted by atomic mass is 16.3. The van der Waals surface area contributed by atoms with Gasteiger partial charge in [-0.05, 0) is 52.8 Å². The number of piperidine rings is 1. The van der Waals surface area contributed by atoms with E-state index in [1.54, 1.807) is 16.8 Å². The van der Waals surface area contributed by atoms with Gasteiger partial charge in [-0.15, -0.1) is 0 Å². The molecule has 3 rings (SSSR count). The average molecular weight is 414 g/mol. The van der Waals surface area contributed by atoms with E-state index >= 15 is 0 Å². The number of nitrogens with zero attached hydrogens (tertiary/aromatic N) is 4. The Bertz CT molecular complexity index is 898. The van der Waals surface area contributed by atoms with E-state index in [4.69, 9.17) is 0 Å². The van der Waals surface area contributed by atoms with Crippen LogP contribution in [0.5, 0.6) is 0 Å². The number of anilines is 1. The number of hydrogen-bond acceptors (Lipinski definition) is 5. The van der Waals surface area contributed by atoms with E-state index in [-0.39, 0.29) is 31.0 Å². The molecule has 2 heterocycles. The van der Waals surface area contributed by atoms with Crippen LogP contribution in [0.25, 0.3) is 5.69 Å². The van der Waals surface area contributed by atoms with Crippen molar-refractivity contribution < 1.29 is 14.7 Å². The molecule has 0 saturated carbocycles. The maximum Gasteiger partial charge on any atom is 0.238 e. The van der Waals surface area contributed by atoms with E-state index in [1.807, 2.05) is 49.7 Å². The van der Waals surface area contributed by atoms with Crippen LogP contribution in [0.2, 0.25) is 0 Å². The number of rotatable bonds is 6. The summed E-state index contributed by atoms with van der Waals surface area (Å²) in [6.45, 7) is 7.24. The van der Waals surface area contributed by atoms with Crippen LogP contribution in [0.1, 0.15) is 29.8 Å². The van der Waals surface area contributed by atoms with E-state index in [0.717, 1.165) is 17.1 Å². The first-order valence-corrected chi connectivity index (χ1v) is 10.3. The topological polar surface area (TPSA) is 90.7 Å². The summed E-state index contributed by atoms with van der Waals surface area (Å²) < 4.78 is 1.82. The van der Waals surface area contributed by atoms with Crippen LogP contribution in [-0.2, 0) is 9.59 Å². The van der Waals surface area contributed by atoms with Gasteiger partial charge in [-0.3, -0.25) is 14.5 Å². The van der Waals surface area contributed by atoms with Crippen molar-refractivity contribution in [2.45, 2.75) is 39.7 Å². The predicted molar refractivity (Wildman–Crippen MR) is 116 cm³/mol. The van der Waals surface area contributed by atoms with Crippen LogP contribution < -0.4 is 5.32 Å². The lowest BCUT2D eigenvalue weighted by atomic mass is 10.1. The number of nitrogens with one attached hydrogen (secondary N) is 1. The summed E-state index contributed by atoms with van der Waals surface area (Å²) in [7, 11) is 1.76. The van der Waals surface area contributed by atoms with E-state index in [9.17, 15) is 14.7 Å². The van der Waals surface area contributed by atoms with E-state index in [0.29, 0.717) is 31.6 Å². The Morgan fingerprint density at radius 1 is 1.13 bits per heavy atom. The van der Waals surface area contributed by atoms with Crippen LogP contribution in [-0.4, -0.2) is 75.8 Å². The number of aromatic nitrogens is 2. The molecule has 2 N–H and O–H groups in total. The number of benzene rings is 1. The molecule has 0 bridgehead atoms. The Hall–Kier alpha value is -2.71. The van der Waals surface area contributed by atoms with Crippen LogP contribution in [0.3, 0.4) is 0 Å². The zero-order chi connectivity index (χ0) is 21.8. The first-order valence-electron chi connectivity index (χ1n) is 10.3.